The van der Waals surface area contributed by atoms with Gasteiger partial charge in [0.2, 0.25) is 5.91 Å². The van der Waals surface area contributed by atoms with E-state index in [0.717, 1.165) is 12.8 Å². The maximum absolute atomic E-state index is 12.2. The first-order chi connectivity index (χ1) is 11.0. The fourth-order valence-corrected chi connectivity index (χ4v) is 2.40. The molecule has 0 spiro atoms. The largest absolute Gasteiger partial charge is 0.381 e. The summed E-state index contributed by atoms with van der Waals surface area (Å²) >= 11 is 0. The lowest BCUT2D eigenvalue weighted by molar-refractivity contribution is -0.116. The summed E-state index contributed by atoms with van der Waals surface area (Å²) in [4.78, 5) is 23.9. The molecule has 134 valence electrons. The molecule has 1 heterocycles. The molecular weight excluding hydrogens is 330 g/mol. The fourth-order valence-electron chi connectivity index (χ4n) is 2.40. The summed E-state index contributed by atoms with van der Waals surface area (Å²) in [5.74, 6) is -0.159. The molecule has 1 atom stereocenters. The molecule has 2 amide bonds. The number of anilines is 1. The Hall–Kier alpha value is -1.63. The van der Waals surface area contributed by atoms with Crippen LogP contribution in [0.1, 0.15) is 43.0 Å². The van der Waals surface area contributed by atoms with Crippen molar-refractivity contribution < 1.29 is 14.3 Å². The minimum Gasteiger partial charge on any atom is -0.381 e. The van der Waals surface area contributed by atoms with Gasteiger partial charge in [-0.2, -0.15) is 0 Å². The number of hydrogen-bond acceptors (Lipinski definition) is 4. The Morgan fingerprint density at radius 1 is 1.25 bits per heavy atom. The summed E-state index contributed by atoms with van der Waals surface area (Å²) in [6.07, 6.45) is 2.74. The highest BCUT2D eigenvalue weighted by Gasteiger charge is 2.17. The molecule has 0 radical (unpaired) electrons. The molecule has 0 saturated carbocycles. The highest BCUT2D eigenvalue weighted by Crippen LogP contribution is 2.12. The minimum atomic E-state index is -0.0910. The molecule has 1 aliphatic rings. The Bertz CT molecular complexity index is 528. The maximum Gasteiger partial charge on any atom is 0.251 e. The minimum absolute atomic E-state index is 0. The van der Waals surface area contributed by atoms with Gasteiger partial charge < -0.3 is 21.1 Å². The summed E-state index contributed by atoms with van der Waals surface area (Å²) in [5.41, 5.74) is 6.90. The molecule has 0 aliphatic carbocycles. The van der Waals surface area contributed by atoms with Crippen molar-refractivity contribution in [3.63, 3.8) is 0 Å². The normalized spacial score (nSPS) is 15.9. The van der Waals surface area contributed by atoms with Gasteiger partial charge in [-0.25, -0.2) is 0 Å². The zero-order valence-electron chi connectivity index (χ0n) is 13.9. The molecule has 1 saturated heterocycles. The van der Waals surface area contributed by atoms with E-state index < -0.39 is 0 Å². The van der Waals surface area contributed by atoms with Crippen molar-refractivity contribution in [2.75, 3.05) is 18.5 Å². The van der Waals surface area contributed by atoms with Crippen LogP contribution in [0.2, 0.25) is 0 Å². The SMILES string of the molecule is CC(N)CCC(=O)Nc1ccc(C(=O)NC2CCOCC2)cc1.Cl. The van der Waals surface area contributed by atoms with Gasteiger partial charge >= 0.3 is 0 Å². The van der Waals surface area contributed by atoms with Crippen LogP contribution in [-0.4, -0.2) is 37.1 Å². The van der Waals surface area contributed by atoms with Crippen LogP contribution in [0, 0.1) is 0 Å². The van der Waals surface area contributed by atoms with Gasteiger partial charge in [0, 0.05) is 43.0 Å². The first kappa shape index (κ1) is 20.4. The van der Waals surface area contributed by atoms with E-state index in [1.54, 1.807) is 24.3 Å². The highest BCUT2D eigenvalue weighted by atomic mass is 35.5. The average Bonchev–Trinajstić information content (AvgIpc) is 2.54. The topological polar surface area (TPSA) is 93.5 Å². The number of amides is 2. The van der Waals surface area contributed by atoms with Gasteiger partial charge in [0.25, 0.3) is 5.91 Å². The van der Waals surface area contributed by atoms with Crippen molar-refractivity contribution in [2.45, 2.75) is 44.7 Å². The van der Waals surface area contributed by atoms with Crippen LogP contribution in [0.3, 0.4) is 0 Å². The third-order valence-corrected chi connectivity index (χ3v) is 3.81. The molecule has 0 aromatic heterocycles. The standard InChI is InChI=1S/C17H25N3O3.ClH/c1-12(18)2-7-16(21)19-14-5-3-13(4-6-14)17(22)20-15-8-10-23-11-9-15;/h3-6,12,15H,2,7-11,18H2,1H3,(H,19,21)(H,20,22);1H. The second-order valence-corrected chi connectivity index (χ2v) is 6.00. The van der Waals surface area contributed by atoms with Gasteiger partial charge in [0.05, 0.1) is 0 Å². The Morgan fingerprint density at radius 2 is 1.88 bits per heavy atom. The average molecular weight is 356 g/mol. The predicted molar refractivity (Wildman–Crippen MR) is 96.5 cm³/mol. The summed E-state index contributed by atoms with van der Waals surface area (Å²) in [6, 6.07) is 7.10. The maximum atomic E-state index is 12.2. The number of rotatable bonds is 6. The van der Waals surface area contributed by atoms with Gasteiger partial charge in [0.1, 0.15) is 0 Å². The smallest absolute Gasteiger partial charge is 0.251 e. The number of hydrogen-bond donors (Lipinski definition) is 3. The van der Waals surface area contributed by atoms with Crippen LogP contribution in [0.15, 0.2) is 24.3 Å². The van der Waals surface area contributed by atoms with Crippen LogP contribution >= 0.6 is 12.4 Å². The highest BCUT2D eigenvalue weighted by molar-refractivity contribution is 5.96. The van der Waals surface area contributed by atoms with Gasteiger partial charge in [0.15, 0.2) is 0 Å². The predicted octanol–water partition coefficient (Wildman–Crippen LogP) is 2.08. The van der Waals surface area contributed by atoms with E-state index in [-0.39, 0.29) is 36.3 Å². The van der Waals surface area contributed by atoms with Gasteiger partial charge in [-0.05, 0) is 50.5 Å². The molecular formula is C17H26ClN3O3. The monoisotopic (exact) mass is 355 g/mol. The molecule has 24 heavy (non-hydrogen) atoms. The van der Waals surface area contributed by atoms with Crippen LogP contribution in [0.4, 0.5) is 5.69 Å². The number of nitrogens with two attached hydrogens (primary N) is 1. The second-order valence-electron chi connectivity index (χ2n) is 6.00. The molecule has 4 N–H and O–H groups in total. The van der Waals surface area contributed by atoms with E-state index in [2.05, 4.69) is 10.6 Å². The van der Waals surface area contributed by atoms with Gasteiger partial charge in [-0.3, -0.25) is 9.59 Å². The molecule has 1 aromatic rings. The molecule has 1 aliphatic heterocycles. The molecule has 1 unspecified atom stereocenters. The Morgan fingerprint density at radius 3 is 2.46 bits per heavy atom. The Kier molecular flexibility index (Phi) is 8.74. The van der Waals surface area contributed by atoms with Crippen molar-refractivity contribution in [1.82, 2.24) is 5.32 Å². The lowest BCUT2D eigenvalue weighted by Crippen LogP contribution is -2.38. The van der Waals surface area contributed by atoms with E-state index >= 15 is 0 Å². The molecule has 6 nitrogen and oxygen atoms in total. The molecule has 2 rings (SSSR count). The molecule has 1 fully saturated rings. The van der Waals surface area contributed by atoms with Crippen LogP contribution in [0.5, 0.6) is 0 Å². The molecule has 1 aromatic carbocycles. The first-order valence-electron chi connectivity index (χ1n) is 8.08. The number of ether oxygens (including phenoxy) is 1. The van der Waals surface area contributed by atoms with Gasteiger partial charge in [-0.1, -0.05) is 0 Å². The lowest BCUT2D eigenvalue weighted by atomic mass is 10.1. The van der Waals surface area contributed by atoms with Crippen molar-refractivity contribution in [2.24, 2.45) is 5.73 Å². The Labute approximate surface area is 148 Å². The fraction of sp³-hybridized carbons (Fsp3) is 0.529. The summed E-state index contributed by atoms with van der Waals surface area (Å²) in [5, 5.41) is 5.81. The van der Waals surface area contributed by atoms with Gasteiger partial charge in [-0.15, -0.1) is 12.4 Å². The zero-order chi connectivity index (χ0) is 16.7. The quantitative estimate of drug-likeness (QED) is 0.728. The van der Waals surface area contributed by atoms with Crippen molar-refractivity contribution >= 4 is 29.9 Å². The van der Waals surface area contributed by atoms with Crippen molar-refractivity contribution in [3.8, 4) is 0 Å². The number of carbonyl (C=O) groups excluding carboxylic acids is 2. The van der Waals surface area contributed by atoms with Crippen molar-refractivity contribution in [3.05, 3.63) is 29.8 Å². The summed E-state index contributed by atoms with van der Waals surface area (Å²) < 4.78 is 5.27. The number of nitrogens with one attached hydrogen (secondary N) is 2. The molecule has 0 bridgehead atoms. The Balaban J connectivity index is 0.00000288. The third kappa shape index (κ3) is 6.86. The van der Waals surface area contributed by atoms with E-state index in [4.69, 9.17) is 10.5 Å². The number of carbonyl (C=O) groups is 2. The first-order valence-corrected chi connectivity index (χ1v) is 8.08. The number of halogens is 1. The van der Waals surface area contributed by atoms with E-state index in [0.29, 0.717) is 37.3 Å². The van der Waals surface area contributed by atoms with E-state index in [1.165, 1.54) is 0 Å². The van der Waals surface area contributed by atoms with E-state index in [9.17, 15) is 9.59 Å². The summed E-state index contributed by atoms with van der Waals surface area (Å²) in [6.45, 7) is 3.26. The summed E-state index contributed by atoms with van der Waals surface area (Å²) in [7, 11) is 0. The van der Waals surface area contributed by atoms with Crippen LogP contribution < -0.4 is 16.4 Å². The lowest BCUT2D eigenvalue weighted by Gasteiger charge is -2.23. The second kappa shape index (κ2) is 10.3. The van der Waals surface area contributed by atoms with Crippen LogP contribution in [0.25, 0.3) is 0 Å². The zero-order valence-corrected chi connectivity index (χ0v) is 14.7. The van der Waals surface area contributed by atoms with Crippen molar-refractivity contribution in [1.29, 1.82) is 0 Å². The number of benzene rings is 1. The molecule has 7 heteroatoms. The van der Waals surface area contributed by atoms with E-state index in [1.807, 2.05) is 6.92 Å². The third-order valence-electron chi connectivity index (χ3n) is 3.81. The van der Waals surface area contributed by atoms with Crippen LogP contribution in [-0.2, 0) is 9.53 Å².